The van der Waals surface area contributed by atoms with Gasteiger partial charge in [-0.25, -0.2) is 4.98 Å². The lowest BCUT2D eigenvalue weighted by atomic mass is 9.87. The minimum atomic E-state index is 0.388. The fraction of sp³-hybridized carbons (Fsp3) is 0.281. The zero-order chi connectivity index (χ0) is 25.6. The molecular weight excluding hydrogens is 468 g/mol. The van der Waals surface area contributed by atoms with Crippen molar-refractivity contribution >= 4 is 32.7 Å². The van der Waals surface area contributed by atoms with E-state index in [0.29, 0.717) is 11.8 Å². The van der Waals surface area contributed by atoms with Crippen molar-refractivity contribution < 1.29 is 0 Å². The summed E-state index contributed by atoms with van der Waals surface area (Å²) in [7, 11) is 0. The van der Waals surface area contributed by atoms with Gasteiger partial charge in [-0.1, -0.05) is 44.2 Å². The highest BCUT2D eigenvalue weighted by atomic mass is 15.1. The smallest absolute Gasteiger partial charge is 0.155 e. The lowest BCUT2D eigenvalue weighted by molar-refractivity contribution is 0.203. The van der Waals surface area contributed by atoms with E-state index in [4.69, 9.17) is 4.98 Å². The Morgan fingerprint density at radius 1 is 0.921 bits per heavy atom. The van der Waals surface area contributed by atoms with Gasteiger partial charge in [-0.05, 0) is 78.5 Å². The van der Waals surface area contributed by atoms with Crippen LogP contribution in [0.3, 0.4) is 0 Å². The van der Waals surface area contributed by atoms with Gasteiger partial charge in [0.25, 0.3) is 0 Å². The molecule has 4 aromatic heterocycles. The monoisotopic (exact) mass is 500 g/mol. The summed E-state index contributed by atoms with van der Waals surface area (Å²) >= 11 is 0. The van der Waals surface area contributed by atoms with Crippen molar-refractivity contribution in [3.05, 3.63) is 90.0 Å². The SMILES string of the molecule is CC(C)c1c(-c2ccnc3[nH]ncc23)[nH]c2ccc(C3CCN(Cc4nccc5ccccc45)CC3)cc12. The van der Waals surface area contributed by atoms with Crippen LogP contribution in [0.25, 0.3) is 44.0 Å². The molecule has 1 aliphatic heterocycles. The average molecular weight is 501 g/mol. The maximum absolute atomic E-state index is 4.73. The normalized spacial score (nSPS) is 15.3. The topological polar surface area (TPSA) is 73.5 Å². The molecule has 190 valence electrons. The Kier molecular flexibility index (Phi) is 5.70. The van der Waals surface area contributed by atoms with Crippen LogP contribution < -0.4 is 0 Å². The lowest BCUT2D eigenvalue weighted by Crippen LogP contribution is -2.32. The van der Waals surface area contributed by atoms with Crippen LogP contribution in [-0.2, 0) is 6.54 Å². The molecule has 0 aliphatic carbocycles. The highest BCUT2D eigenvalue weighted by molar-refractivity contribution is 5.98. The number of nitrogens with zero attached hydrogens (tertiary/aromatic N) is 4. The molecule has 2 aromatic carbocycles. The highest BCUT2D eigenvalue weighted by Crippen LogP contribution is 2.40. The van der Waals surface area contributed by atoms with Crippen molar-refractivity contribution in [2.24, 2.45) is 0 Å². The number of likely N-dealkylation sites (tertiary alicyclic amines) is 1. The molecule has 0 atom stereocenters. The fourth-order valence-electron chi connectivity index (χ4n) is 6.31. The predicted molar refractivity (Wildman–Crippen MR) is 154 cm³/mol. The van der Waals surface area contributed by atoms with Crippen LogP contribution in [0.1, 0.15) is 55.3 Å². The molecular formula is C32H32N6. The molecule has 0 unspecified atom stereocenters. The largest absolute Gasteiger partial charge is 0.354 e. The van der Waals surface area contributed by atoms with Gasteiger partial charge < -0.3 is 4.98 Å². The second-order valence-corrected chi connectivity index (χ2v) is 10.9. The van der Waals surface area contributed by atoms with Crippen LogP contribution >= 0.6 is 0 Å². The Hall–Kier alpha value is -4.03. The van der Waals surface area contributed by atoms with E-state index < -0.39 is 0 Å². The Bertz CT molecular complexity index is 1750. The van der Waals surface area contributed by atoms with Crippen LogP contribution in [-0.4, -0.2) is 43.1 Å². The predicted octanol–water partition coefficient (Wildman–Crippen LogP) is 7.16. The maximum Gasteiger partial charge on any atom is 0.155 e. The van der Waals surface area contributed by atoms with Crippen LogP contribution in [0.4, 0.5) is 0 Å². The van der Waals surface area contributed by atoms with Gasteiger partial charge in [-0.15, -0.1) is 0 Å². The maximum atomic E-state index is 4.73. The molecule has 1 saturated heterocycles. The van der Waals surface area contributed by atoms with Gasteiger partial charge in [0, 0.05) is 46.2 Å². The third-order valence-corrected chi connectivity index (χ3v) is 8.25. The average Bonchev–Trinajstić information content (AvgIpc) is 3.58. The number of hydrogen-bond donors (Lipinski definition) is 2. The second kappa shape index (κ2) is 9.37. The summed E-state index contributed by atoms with van der Waals surface area (Å²) in [6.45, 7) is 7.68. The van der Waals surface area contributed by atoms with Crippen molar-refractivity contribution in [1.82, 2.24) is 30.0 Å². The summed E-state index contributed by atoms with van der Waals surface area (Å²) in [5, 5.41) is 12.2. The lowest BCUT2D eigenvalue weighted by Gasteiger charge is -2.32. The van der Waals surface area contributed by atoms with Crippen molar-refractivity contribution in [2.45, 2.75) is 45.1 Å². The molecule has 0 bridgehead atoms. The Labute approximate surface area is 222 Å². The number of H-pyrrole nitrogens is 2. The van der Waals surface area contributed by atoms with Crippen molar-refractivity contribution in [1.29, 1.82) is 0 Å². The summed E-state index contributed by atoms with van der Waals surface area (Å²) < 4.78 is 0. The van der Waals surface area contributed by atoms with E-state index in [-0.39, 0.29) is 0 Å². The summed E-state index contributed by atoms with van der Waals surface area (Å²) in [6, 6.07) is 19.8. The standard InChI is InChI=1S/C32H32N6/c1-20(2)30-26-17-23(7-8-28(26)36-31(30)25-10-14-34-32-27(25)18-35-37-32)21-11-15-38(16-12-21)19-29-24-6-4-3-5-22(24)9-13-33-29/h3-10,13-14,17-18,20-21,36H,11-12,15-16,19H2,1-2H3,(H,34,35,37). The number of benzene rings is 2. The van der Waals surface area contributed by atoms with E-state index in [9.17, 15) is 0 Å². The number of nitrogens with one attached hydrogen (secondary N) is 2. The third-order valence-electron chi connectivity index (χ3n) is 8.25. The molecule has 6 nitrogen and oxygen atoms in total. The van der Waals surface area contributed by atoms with Gasteiger partial charge in [0.1, 0.15) is 0 Å². The zero-order valence-electron chi connectivity index (χ0n) is 21.9. The molecule has 6 aromatic rings. The molecule has 0 saturated carbocycles. The van der Waals surface area contributed by atoms with Crippen LogP contribution in [0.2, 0.25) is 0 Å². The number of aromatic nitrogens is 5. The van der Waals surface area contributed by atoms with Gasteiger partial charge in [-0.3, -0.25) is 15.0 Å². The second-order valence-electron chi connectivity index (χ2n) is 10.9. The Balaban J connectivity index is 1.15. The fourth-order valence-corrected chi connectivity index (χ4v) is 6.31. The number of rotatable bonds is 5. The summed E-state index contributed by atoms with van der Waals surface area (Å²) in [5.41, 5.74) is 8.36. The van der Waals surface area contributed by atoms with E-state index in [1.165, 1.54) is 57.0 Å². The summed E-state index contributed by atoms with van der Waals surface area (Å²) in [4.78, 5) is 15.5. The molecule has 0 amide bonds. The van der Waals surface area contributed by atoms with E-state index >= 15 is 0 Å². The van der Waals surface area contributed by atoms with Gasteiger partial charge >= 0.3 is 0 Å². The quantitative estimate of drug-likeness (QED) is 0.263. The number of fused-ring (bicyclic) bond motifs is 3. The van der Waals surface area contributed by atoms with Crippen molar-refractivity contribution in [2.75, 3.05) is 13.1 Å². The number of pyridine rings is 2. The molecule has 6 heteroatoms. The molecule has 1 fully saturated rings. The highest BCUT2D eigenvalue weighted by Gasteiger charge is 2.24. The summed E-state index contributed by atoms with van der Waals surface area (Å²) in [6.07, 6.45) is 8.02. The molecule has 0 radical (unpaired) electrons. The molecule has 38 heavy (non-hydrogen) atoms. The first-order valence-electron chi connectivity index (χ1n) is 13.6. The van der Waals surface area contributed by atoms with Crippen LogP contribution in [0.15, 0.2) is 73.2 Å². The van der Waals surface area contributed by atoms with Gasteiger partial charge in [-0.2, -0.15) is 5.10 Å². The summed E-state index contributed by atoms with van der Waals surface area (Å²) in [5.74, 6) is 0.968. The Morgan fingerprint density at radius 2 is 1.76 bits per heavy atom. The molecule has 1 aliphatic rings. The first-order valence-corrected chi connectivity index (χ1v) is 13.6. The Morgan fingerprint density at radius 3 is 2.63 bits per heavy atom. The van der Waals surface area contributed by atoms with Crippen LogP contribution in [0.5, 0.6) is 0 Å². The minimum Gasteiger partial charge on any atom is -0.354 e. The van der Waals surface area contributed by atoms with E-state index in [2.05, 4.69) is 93.5 Å². The number of aromatic amines is 2. The molecule has 0 spiro atoms. The number of hydrogen-bond acceptors (Lipinski definition) is 4. The molecule has 2 N–H and O–H groups in total. The molecule has 5 heterocycles. The van der Waals surface area contributed by atoms with E-state index in [1.807, 2.05) is 18.6 Å². The minimum absolute atomic E-state index is 0.388. The first kappa shape index (κ1) is 23.1. The van der Waals surface area contributed by atoms with Crippen molar-refractivity contribution in [3.63, 3.8) is 0 Å². The van der Waals surface area contributed by atoms with Gasteiger partial charge in [0.05, 0.1) is 17.6 Å². The van der Waals surface area contributed by atoms with Gasteiger partial charge in [0.2, 0.25) is 0 Å². The van der Waals surface area contributed by atoms with E-state index in [1.54, 1.807) is 0 Å². The van der Waals surface area contributed by atoms with Crippen LogP contribution in [0, 0.1) is 0 Å². The van der Waals surface area contributed by atoms with Gasteiger partial charge in [0.15, 0.2) is 5.65 Å². The van der Waals surface area contributed by atoms with E-state index in [0.717, 1.165) is 36.2 Å². The molecule has 7 rings (SSSR count). The van der Waals surface area contributed by atoms with Crippen molar-refractivity contribution in [3.8, 4) is 11.3 Å². The number of piperidine rings is 1. The third kappa shape index (κ3) is 3.96. The zero-order valence-corrected chi connectivity index (χ0v) is 21.9. The first-order chi connectivity index (χ1) is 18.7.